The first-order chi connectivity index (χ1) is 6.77. The Kier molecular flexibility index (Phi) is 1.42. The zero-order valence-electron chi connectivity index (χ0n) is 7.58. The highest BCUT2D eigenvalue weighted by atomic mass is 35.5. The van der Waals surface area contributed by atoms with Gasteiger partial charge in [0, 0.05) is 0 Å². The van der Waals surface area contributed by atoms with Crippen LogP contribution in [0.1, 0.15) is 5.69 Å². The van der Waals surface area contributed by atoms with Crippen molar-refractivity contribution in [3.8, 4) is 0 Å². The van der Waals surface area contributed by atoms with E-state index in [4.69, 9.17) is 11.6 Å². The largest absolute Gasteiger partial charge is 0.295 e. The molecule has 0 aliphatic heterocycles. The van der Waals surface area contributed by atoms with Gasteiger partial charge in [-0.1, -0.05) is 23.7 Å². The van der Waals surface area contributed by atoms with E-state index in [2.05, 4.69) is 10.1 Å². The van der Waals surface area contributed by atoms with Gasteiger partial charge in [-0.3, -0.25) is 5.10 Å². The number of aromatic nitrogens is 3. The second kappa shape index (κ2) is 2.51. The molecule has 0 aliphatic rings. The molecule has 0 amide bonds. The molecule has 0 unspecified atom stereocenters. The van der Waals surface area contributed by atoms with Gasteiger partial charge in [-0.25, -0.2) is 9.50 Å². The number of aryl methyl sites for hydroxylation is 1. The van der Waals surface area contributed by atoms with Gasteiger partial charge in [0.2, 0.25) is 0 Å². The molecular formula is C10H8ClN3. The molecule has 2 heterocycles. The van der Waals surface area contributed by atoms with Crippen molar-refractivity contribution in [2.24, 2.45) is 0 Å². The Morgan fingerprint density at radius 3 is 3.00 bits per heavy atom. The molecule has 0 saturated carbocycles. The first-order valence-corrected chi connectivity index (χ1v) is 4.76. The minimum atomic E-state index is 0.696. The summed E-state index contributed by atoms with van der Waals surface area (Å²) >= 11 is 6.10. The number of hydrogen-bond acceptors (Lipinski definition) is 1. The van der Waals surface area contributed by atoms with Gasteiger partial charge in [0.05, 0.1) is 16.7 Å². The molecule has 1 N–H and O–H groups in total. The summed E-state index contributed by atoms with van der Waals surface area (Å²) < 4.78 is 1.91. The van der Waals surface area contributed by atoms with Gasteiger partial charge in [0.25, 0.3) is 0 Å². The van der Waals surface area contributed by atoms with E-state index < -0.39 is 0 Å². The number of aromatic amines is 1. The molecule has 3 rings (SSSR count). The molecule has 70 valence electrons. The fourth-order valence-electron chi connectivity index (χ4n) is 1.67. The predicted molar refractivity (Wildman–Crippen MR) is 56.8 cm³/mol. The van der Waals surface area contributed by atoms with Crippen LogP contribution in [0.2, 0.25) is 5.02 Å². The summed E-state index contributed by atoms with van der Waals surface area (Å²) in [6.45, 7) is 1.94. The molecule has 3 aromatic rings. The molecule has 3 nitrogen and oxygen atoms in total. The van der Waals surface area contributed by atoms with Crippen LogP contribution in [0.5, 0.6) is 0 Å². The normalized spacial score (nSPS) is 11.6. The van der Waals surface area contributed by atoms with Crippen molar-refractivity contribution in [1.29, 1.82) is 0 Å². The van der Waals surface area contributed by atoms with Gasteiger partial charge in [0.1, 0.15) is 5.02 Å². The minimum absolute atomic E-state index is 0.696. The lowest BCUT2D eigenvalue weighted by Crippen LogP contribution is -1.82. The fourth-order valence-corrected chi connectivity index (χ4v) is 1.84. The van der Waals surface area contributed by atoms with Gasteiger partial charge in [-0.2, -0.15) is 0 Å². The van der Waals surface area contributed by atoms with E-state index in [1.807, 2.05) is 35.7 Å². The number of nitrogens with one attached hydrogen (secondary N) is 1. The maximum absolute atomic E-state index is 6.10. The molecule has 0 saturated heterocycles. The van der Waals surface area contributed by atoms with E-state index >= 15 is 0 Å². The van der Waals surface area contributed by atoms with E-state index in [1.54, 1.807) is 0 Å². The standard InChI is InChI=1S/C10H8ClN3/c1-6-9(11)10-12-7-4-2-3-5-8(7)14(10)13-6/h2-5,13H,1H3. The molecule has 0 radical (unpaired) electrons. The quantitative estimate of drug-likeness (QED) is 0.602. The van der Waals surface area contributed by atoms with E-state index in [1.165, 1.54) is 0 Å². The third kappa shape index (κ3) is 0.849. The van der Waals surface area contributed by atoms with Crippen LogP contribution in [0.4, 0.5) is 0 Å². The molecular weight excluding hydrogens is 198 g/mol. The van der Waals surface area contributed by atoms with Crippen LogP contribution in [0, 0.1) is 6.92 Å². The third-order valence-electron chi connectivity index (χ3n) is 2.37. The van der Waals surface area contributed by atoms with Gasteiger partial charge in [-0.05, 0) is 19.1 Å². The number of benzene rings is 1. The van der Waals surface area contributed by atoms with Crippen LogP contribution < -0.4 is 0 Å². The third-order valence-corrected chi connectivity index (χ3v) is 2.82. The summed E-state index contributed by atoms with van der Waals surface area (Å²) in [5.74, 6) is 0. The highest BCUT2D eigenvalue weighted by Crippen LogP contribution is 2.24. The molecule has 14 heavy (non-hydrogen) atoms. The molecule has 0 bridgehead atoms. The second-order valence-corrected chi connectivity index (χ2v) is 3.69. The van der Waals surface area contributed by atoms with E-state index in [-0.39, 0.29) is 0 Å². The molecule has 0 fully saturated rings. The van der Waals surface area contributed by atoms with Crippen molar-refractivity contribution < 1.29 is 0 Å². The second-order valence-electron chi connectivity index (χ2n) is 3.31. The molecule has 0 atom stereocenters. The lowest BCUT2D eigenvalue weighted by atomic mass is 10.3. The lowest BCUT2D eigenvalue weighted by Gasteiger charge is -1.88. The smallest absolute Gasteiger partial charge is 0.173 e. The Labute approximate surface area is 85.3 Å². The number of halogens is 1. The highest BCUT2D eigenvalue weighted by molar-refractivity contribution is 6.34. The number of imidazole rings is 1. The van der Waals surface area contributed by atoms with Crippen molar-refractivity contribution in [3.05, 3.63) is 35.0 Å². The molecule has 0 aliphatic carbocycles. The summed E-state index contributed by atoms with van der Waals surface area (Å²) in [6.07, 6.45) is 0. The zero-order valence-corrected chi connectivity index (χ0v) is 8.34. The lowest BCUT2D eigenvalue weighted by molar-refractivity contribution is 0.974. The number of para-hydroxylation sites is 2. The van der Waals surface area contributed by atoms with Gasteiger partial charge in [0.15, 0.2) is 5.65 Å². The molecule has 0 spiro atoms. The molecule has 2 aromatic heterocycles. The summed E-state index contributed by atoms with van der Waals surface area (Å²) in [5.41, 5.74) is 3.75. The predicted octanol–water partition coefficient (Wildman–Crippen LogP) is 2.78. The van der Waals surface area contributed by atoms with Crippen molar-refractivity contribution in [1.82, 2.24) is 14.6 Å². The fraction of sp³-hybridized carbons (Fsp3) is 0.100. The summed E-state index contributed by atoms with van der Waals surface area (Å²) in [6, 6.07) is 7.94. The number of nitrogens with zero attached hydrogens (tertiary/aromatic N) is 2. The zero-order chi connectivity index (χ0) is 9.71. The van der Waals surface area contributed by atoms with Crippen LogP contribution in [0.25, 0.3) is 16.7 Å². The average Bonchev–Trinajstić information content (AvgIpc) is 2.67. The Balaban J connectivity index is 2.60. The minimum Gasteiger partial charge on any atom is -0.295 e. The summed E-state index contributed by atoms with van der Waals surface area (Å²) in [5, 5.41) is 3.87. The van der Waals surface area contributed by atoms with E-state index in [0.29, 0.717) is 5.02 Å². The first kappa shape index (κ1) is 7.88. The first-order valence-electron chi connectivity index (χ1n) is 4.38. The average molecular weight is 206 g/mol. The Morgan fingerprint density at radius 2 is 2.14 bits per heavy atom. The maximum Gasteiger partial charge on any atom is 0.173 e. The van der Waals surface area contributed by atoms with E-state index in [9.17, 15) is 0 Å². The number of rotatable bonds is 0. The Bertz CT molecular complexity index is 621. The van der Waals surface area contributed by atoms with Crippen molar-refractivity contribution in [2.75, 3.05) is 0 Å². The summed E-state index contributed by atoms with van der Waals surface area (Å²) in [4.78, 5) is 4.44. The number of H-pyrrole nitrogens is 1. The van der Waals surface area contributed by atoms with Crippen molar-refractivity contribution in [2.45, 2.75) is 6.92 Å². The number of fused-ring (bicyclic) bond motifs is 3. The van der Waals surface area contributed by atoms with Crippen LogP contribution >= 0.6 is 11.6 Å². The van der Waals surface area contributed by atoms with Crippen LogP contribution in [0.15, 0.2) is 24.3 Å². The SMILES string of the molecule is Cc1[nH]n2c(nc3ccccc32)c1Cl. The number of hydrogen-bond donors (Lipinski definition) is 1. The Morgan fingerprint density at radius 1 is 1.36 bits per heavy atom. The van der Waals surface area contributed by atoms with Crippen molar-refractivity contribution >= 4 is 28.3 Å². The van der Waals surface area contributed by atoms with Crippen LogP contribution in [-0.4, -0.2) is 14.6 Å². The van der Waals surface area contributed by atoms with Gasteiger partial charge in [-0.15, -0.1) is 0 Å². The van der Waals surface area contributed by atoms with Crippen LogP contribution in [-0.2, 0) is 0 Å². The molecule has 1 aromatic carbocycles. The maximum atomic E-state index is 6.10. The van der Waals surface area contributed by atoms with Gasteiger partial charge < -0.3 is 0 Å². The summed E-state index contributed by atoms with van der Waals surface area (Å²) in [7, 11) is 0. The van der Waals surface area contributed by atoms with Crippen LogP contribution in [0.3, 0.4) is 0 Å². The monoisotopic (exact) mass is 205 g/mol. The van der Waals surface area contributed by atoms with Gasteiger partial charge >= 0.3 is 0 Å². The Hall–Kier alpha value is -1.48. The van der Waals surface area contributed by atoms with Crippen molar-refractivity contribution in [3.63, 3.8) is 0 Å². The highest BCUT2D eigenvalue weighted by Gasteiger charge is 2.10. The topological polar surface area (TPSA) is 33.1 Å². The van der Waals surface area contributed by atoms with E-state index in [0.717, 1.165) is 22.4 Å². The molecule has 4 heteroatoms.